The van der Waals surface area contributed by atoms with Crippen molar-refractivity contribution in [1.82, 2.24) is 9.55 Å². The Bertz CT molecular complexity index is 775. The lowest BCUT2D eigenvalue weighted by atomic mass is 10.2. The molecule has 3 heterocycles. The summed E-state index contributed by atoms with van der Waals surface area (Å²) in [6.07, 6.45) is 0.456. The van der Waals surface area contributed by atoms with Gasteiger partial charge in [0.1, 0.15) is 5.82 Å². The summed E-state index contributed by atoms with van der Waals surface area (Å²) in [7, 11) is 0. The highest BCUT2D eigenvalue weighted by Gasteiger charge is 2.30. The van der Waals surface area contributed by atoms with Gasteiger partial charge < -0.3 is 9.30 Å². The van der Waals surface area contributed by atoms with Gasteiger partial charge in [-0.3, -0.25) is 5.43 Å². The van der Waals surface area contributed by atoms with E-state index in [0.29, 0.717) is 0 Å². The molecule has 140 valence electrons. The number of aryl methyl sites for hydroxylation is 1. The van der Waals surface area contributed by atoms with Gasteiger partial charge in [0.2, 0.25) is 0 Å². The molecule has 0 amide bonds. The van der Waals surface area contributed by atoms with E-state index in [-0.39, 0.29) is 11.9 Å². The summed E-state index contributed by atoms with van der Waals surface area (Å²) in [4.78, 5) is 3.72. The van der Waals surface area contributed by atoms with Crippen LogP contribution in [0.25, 0.3) is 0 Å². The van der Waals surface area contributed by atoms with Gasteiger partial charge in [0.15, 0.2) is 0 Å². The molecule has 1 aliphatic heterocycles. The van der Waals surface area contributed by atoms with Crippen molar-refractivity contribution in [2.75, 3.05) is 12.0 Å². The first kappa shape index (κ1) is 18.4. The lowest BCUT2D eigenvalue weighted by molar-refractivity contribution is -0.137. The highest BCUT2D eigenvalue weighted by atomic mass is 19.4. The number of pyridine rings is 1. The number of halogens is 3. The van der Waals surface area contributed by atoms with Gasteiger partial charge in [-0.05, 0) is 44.9 Å². The predicted octanol–water partition coefficient (Wildman–Crippen LogP) is 4.14. The Balaban J connectivity index is 1.65. The third-order valence-corrected chi connectivity index (χ3v) is 4.50. The van der Waals surface area contributed by atoms with Gasteiger partial charge in [0.25, 0.3) is 0 Å². The number of hydrogen-bond donors (Lipinski definition) is 1. The van der Waals surface area contributed by atoms with Crippen LogP contribution in [0.2, 0.25) is 0 Å². The van der Waals surface area contributed by atoms with E-state index in [1.807, 2.05) is 19.9 Å². The molecule has 1 aliphatic rings. The fraction of sp³-hybridized carbons (Fsp3) is 0.444. The van der Waals surface area contributed by atoms with Gasteiger partial charge in [0.05, 0.1) is 17.9 Å². The van der Waals surface area contributed by atoms with E-state index < -0.39 is 11.7 Å². The van der Waals surface area contributed by atoms with Crippen LogP contribution in [0.3, 0.4) is 0 Å². The van der Waals surface area contributed by atoms with Crippen LogP contribution >= 0.6 is 0 Å². The molecule has 1 atom stereocenters. The highest BCUT2D eigenvalue weighted by Crippen LogP contribution is 2.28. The number of hydrogen-bond acceptors (Lipinski definition) is 4. The summed E-state index contributed by atoms with van der Waals surface area (Å²) < 4.78 is 45.5. The molecule has 1 N–H and O–H groups in total. The van der Waals surface area contributed by atoms with E-state index in [4.69, 9.17) is 4.74 Å². The number of alkyl halides is 3. The Labute approximate surface area is 149 Å². The molecule has 2 aromatic rings. The topological polar surface area (TPSA) is 51.4 Å². The Kier molecular flexibility index (Phi) is 5.31. The largest absolute Gasteiger partial charge is 0.417 e. The maximum absolute atomic E-state index is 12.5. The molecule has 1 saturated heterocycles. The van der Waals surface area contributed by atoms with Gasteiger partial charge in [0, 0.05) is 36.3 Å². The molecular weight excluding hydrogens is 345 g/mol. The second kappa shape index (κ2) is 7.49. The van der Waals surface area contributed by atoms with Crippen molar-refractivity contribution in [1.29, 1.82) is 0 Å². The maximum Gasteiger partial charge on any atom is 0.417 e. The molecule has 5 nitrogen and oxygen atoms in total. The summed E-state index contributed by atoms with van der Waals surface area (Å²) in [5.41, 5.74) is 5.01. The number of nitrogens with zero attached hydrogens (tertiary/aromatic N) is 3. The number of aromatic nitrogens is 2. The standard InChI is InChI=1S/C18H21F3N4O/c1-12-8-14(13(2)25(12)11-16-4-3-7-26-16)9-23-24-17-6-5-15(10-22-17)18(19,20)21/h5-6,8-10,16H,3-4,7,11H2,1-2H3,(H,22,24)/b23-9-/t16-/m1/s1. The first-order valence-electron chi connectivity index (χ1n) is 8.45. The van der Waals surface area contributed by atoms with Crippen LogP contribution in [-0.2, 0) is 17.5 Å². The van der Waals surface area contributed by atoms with Crippen LogP contribution in [0.15, 0.2) is 29.5 Å². The molecule has 0 spiro atoms. The summed E-state index contributed by atoms with van der Waals surface area (Å²) in [5.74, 6) is 0.252. The van der Waals surface area contributed by atoms with E-state index in [1.165, 1.54) is 6.07 Å². The van der Waals surface area contributed by atoms with Crippen molar-refractivity contribution >= 4 is 12.0 Å². The average Bonchev–Trinajstić information content (AvgIpc) is 3.19. The molecule has 3 rings (SSSR count). The van der Waals surface area contributed by atoms with Crippen LogP contribution in [-0.4, -0.2) is 28.5 Å². The molecule has 0 unspecified atom stereocenters. The number of nitrogens with one attached hydrogen (secondary N) is 1. The van der Waals surface area contributed by atoms with Crippen molar-refractivity contribution in [3.8, 4) is 0 Å². The monoisotopic (exact) mass is 366 g/mol. The molecule has 0 aliphatic carbocycles. The molecule has 1 fully saturated rings. The van der Waals surface area contributed by atoms with Crippen LogP contribution in [0.4, 0.5) is 19.0 Å². The Hall–Kier alpha value is -2.35. The van der Waals surface area contributed by atoms with Crippen molar-refractivity contribution in [2.45, 2.75) is 45.5 Å². The summed E-state index contributed by atoms with van der Waals surface area (Å²) >= 11 is 0. The quantitative estimate of drug-likeness (QED) is 0.639. The third-order valence-electron chi connectivity index (χ3n) is 4.50. The summed E-state index contributed by atoms with van der Waals surface area (Å²) in [6.45, 7) is 5.69. The minimum Gasteiger partial charge on any atom is -0.376 e. The zero-order valence-corrected chi connectivity index (χ0v) is 14.7. The second-order valence-corrected chi connectivity index (χ2v) is 6.37. The molecule has 0 aromatic carbocycles. The van der Waals surface area contributed by atoms with Crippen LogP contribution in [0.5, 0.6) is 0 Å². The number of anilines is 1. The third kappa shape index (κ3) is 4.24. The van der Waals surface area contributed by atoms with Crippen LogP contribution in [0, 0.1) is 13.8 Å². The molecule has 0 bridgehead atoms. The lowest BCUT2D eigenvalue weighted by Gasteiger charge is -2.14. The maximum atomic E-state index is 12.5. The lowest BCUT2D eigenvalue weighted by Crippen LogP contribution is -2.16. The Morgan fingerprint density at radius 1 is 1.38 bits per heavy atom. The first-order chi connectivity index (χ1) is 12.3. The number of ether oxygens (including phenoxy) is 1. The van der Waals surface area contributed by atoms with Crippen molar-refractivity contribution < 1.29 is 17.9 Å². The van der Waals surface area contributed by atoms with Crippen molar-refractivity contribution in [2.24, 2.45) is 5.10 Å². The minimum absolute atomic E-state index is 0.249. The van der Waals surface area contributed by atoms with Gasteiger partial charge in [-0.1, -0.05) is 0 Å². The van der Waals surface area contributed by atoms with Crippen LogP contribution in [0.1, 0.15) is 35.4 Å². The van der Waals surface area contributed by atoms with Gasteiger partial charge >= 0.3 is 6.18 Å². The van der Waals surface area contributed by atoms with Crippen molar-refractivity contribution in [3.05, 3.63) is 46.9 Å². The zero-order valence-electron chi connectivity index (χ0n) is 14.7. The van der Waals surface area contributed by atoms with E-state index in [0.717, 1.165) is 55.2 Å². The van der Waals surface area contributed by atoms with E-state index >= 15 is 0 Å². The molecular formula is C18H21F3N4O. The predicted molar refractivity (Wildman–Crippen MR) is 93.3 cm³/mol. The Morgan fingerprint density at radius 3 is 2.81 bits per heavy atom. The van der Waals surface area contributed by atoms with Crippen LogP contribution < -0.4 is 5.43 Å². The second-order valence-electron chi connectivity index (χ2n) is 6.37. The number of rotatable bonds is 5. The average molecular weight is 366 g/mol. The summed E-state index contributed by atoms with van der Waals surface area (Å²) in [5, 5.41) is 4.09. The molecule has 0 radical (unpaired) electrons. The molecule has 2 aromatic heterocycles. The minimum atomic E-state index is -4.39. The van der Waals surface area contributed by atoms with E-state index in [9.17, 15) is 13.2 Å². The molecule has 26 heavy (non-hydrogen) atoms. The fourth-order valence-electron chi connectivity index (χ4n) is 3.03. The zero-order chi connectivity index (χ0) is 18.7. The first-order valence-corrected chi connectivity index (χ1v) is 8.45. The SMILES string of the molecule is Cc1cc(/C=N\Nc2ccc(C(F)(F)F)cn2)c(C)n1C[C@H]1CCCO1. The highest BCUT2D eigenvalue weighted by molar-refractivity contribution is 5.82. The summed E-state index contributed by atoms with van der Waals surface area (Å²) in [6, 6.07) is 4.24. The van der Waals surface area contributed by atoms with Gasteiger partial charge in [-0.25, -0.2) is 4.98 Å². The normalized spacial score (nSPS) is 18.0. The smallest absolute Gasteiger partial charge is 0.376 e. The van der Waals surface area contributed by atoms with Gasteiger partial charge in [-0.2, -0.15) is 18.3 Å². The molecule has 0 saturated carbocycles. The molecule has 8 heteroatoms. The fourth-order valence-corrected chi connectivity index (χ4v) is 3.03. The van der Waals surface area contributed by atoms with Gasteiger partial charge in [-0.15, -0.1) is 0 Å². The van der Waals surface area contributed by atoms with E-state index in [2.05, 4.69) is 20.1 Å². The van der Waals surface area contributed by atoms with Crippen molar-refractivity contribution in [3.63, 3.8) is 0 Å². The van der Waals surface area contributed by atoms with E-state index in [1.54, 1.807) is 6.21 Å². The number of hydrazone groups is 1. The Morgan fingerprint density at radius 2 is 2.19 bits per heavy atom.